The summed E-state index contributed by atoms with van der Waals surface area (Å²) in [6, 6.07) is -1.03. The van der Waals surface area contributed by atoms with Crippen molar-refractivity contribution in [1.82, 2.24) is 5.32 Å². The number of aliphatic hydroxyl groups excluding tert-OH is 1. The quantitative estimate of drug-likeness (QED) is 0.175. The summed E-state index contributed by atoms with van der Waals surface area (Å²) in [5.41, 5.74) is 5.17. The highest BCUT2D eigenvalue weighted by Crippen LogP contribution is 1.83. The number of hydrogen-bond donors (Lipinski definition) is 3. The first kappa shape index (κ1) is 14.6. The van der Waals surface area contributed by atoms with Gasteiger partial charge in [0.05, 0.1) is 6.61 Å². The first-order valence-corrected chi connectivity index (χ1v) is 4.59. The lowest BCUT2D eigenvalue weighted by Crippen LogP contribution is -2.37. The number of hydrogen-bond acceptors (Lipinski definition) is 8. The van der Waals surface area contributed by atoms with Crippen molar-refractivity contribution >= 4 is 5.97 Å². The third kappa shape index (κ3) is 7.91. The molecule has 1 unspecified atom stereocenters. The molecule has 0 aliphatic carbocycles. The van der Waals surface area contributed by atoms with Gasteiger partial charge in [-0.05, 0) is 0 Å². The van der Waals surface area contributed by atoms with Gasteiger partial charge in [-0.3, -0.25) is 4.79 Å². The third-order valence-electron chi connectivity index (χ3n) is 1.50. The lowest BCUT2D eigenvalue weighted by atomic mass is 10.3. The summed E-state index contributed by atoms with van der Waals surface area (Å²) in [5.74, 6) is -0.689. The standard InChI is InChI=1S/C7H15N3O6/c8-6(5-11)7(12)15-3-1-9-2-4-16-10(13)14/h6,9,11H,1-5,8H2. The number of nitrogens with two attached hydrogens (primary N) is 1. The molecular formula is C7H15N3O6. The van der Waals surface area contributed by atoms with Gasteiger partial charge in [0.1, 0.15) is 19.3 Å². The van der Waals surface area contributed by atoms with Crippen molar-refractivity contribution in [2.75, 3.05) is 32.9 Å². The Kier molecular flexibility index (Phi) is 8.03. The molecule has 94 valence electrons. The van der Waals surface area contributed by atoms with Gasteiger partial charge >= 0.3 is 5.97 Å². The monoisotopic (exact) mass is 237 g/mol. The normalized spacial score (nSPS) is 11.9. The molecule has 16 heavy (non-hydrogen) atoms. The van der Waals surface area contributed by atoms with Crippen LogP contribution in [0.1, 0.15) is 0 Å². The van der Waals surface area contributed by atoms with Gasteiger partial charge in [-0.25, -0.2) is 0 Å². The molecule has 0 bridgehead atoms. The molecule has 0 saturated carbocycles. The Morgan fingerprint density at radius 2 is 2.12 bits per heavy atom. The lowest BCUT2D eigenvalue weighted by Gasteiger charge is -2.09. The topological polar surface area (TPSA) is 137 Å². The zero-order chi connectivity index (χ0) is 12.4. The predicted octanol–water partition coefficient (Wildman–Crippen LogP) is -2.35. The van der Waals surface area contributed by atoms with E-state index in [2.05, 4.69) is 14.9 Å². The minimum absolute atomic E-state index is 0.0723. The van der Waals surface area contributed by atoms with E-state index in [1.165, 1.54) is 0 Å². The molecule has 0 heterocycles. The number of ether oxygens (including phenoxy) is 1. The Bertz CT molecular complexity index is 224. The Balaban J connectivity index is 3.27. The molecule has 0 aliphatic rings. The number of carbonyl (C=O) groups excluding carboxylic acids is 1. The molecule has 0 amide bonds. The molecule has 0 aliphatic heterocycles. The smallest absolute Gasteiger partial charge is 0.325 e. The van der Waals surface area contributed by atoms with Crippen LogP contribution in [-0.2, 0) is 14.4 Å². The molecule has 9 heteroatoms. The van der Waals surface area contributed by atoms with E-state index in [0.29, 0.717) is 6.54 Å². The van der Waals surface area contributed by atoms with Crippen LogP contribution in [-0.4, -0.2) is 55.1 Å². The lowest BCUT2D eigenvalue weighted by molar-refractivity contribution is -0.757. The maximum atomic E-state index is 10.9. The molecule has 0 aromatic rings. The van der Waals surface area contributed by atoms with E-state index in [4.69, 9.17) is 10.8 Å². The van der Waals surface area contributed by atoms with Crippen LogP contribution in [0, 0.1) is 10.1 Å². The van der Waals surface area contributed by atoms with E-state index in [0.717, 1.165) is 0 Å². The van der Waals surface area contributed by atoms with E-state index in [1.807, 2.05) is 0 Å². The molecule has 0 aromatic carbocycles. The zero-order valence-corrected chi connectivity index (χ0v) is 8.63. The fraction of sp³-hybridized carbons (Fsp3) is 0.857. The highest BCUT2D eigenvalue weighted by atomic mass is 16.9. The summed E-state index contributed by atoms with van der Waals surface area (Å²) in [7, 11) is 0. The van der Waals surface area contributed by atoms with Crippen molar-refractivity contribution in [3.8, 4) is 0 Å². The SMILES string of the molecule is NC(CO)C(=O)OCCNCCO[N+](=O)[O-]. The predicted molar refractivity (Wildman–Crippen MR) is 51.8 cm³/mol. The summed E-state index contributed by atoms with van der Waals surface area (Å²) in [4.78, 5) is 24.7. The molecule has 0 aromatic heterocycles. The van der Waals surface area contributed by atoms with Crippen molar-refractivity contribution in [2.45, 2.75) is 6.04 Å². The van der Waals surface area contributed by atoms with Crippen LogP contribution in [0.2, 0.25) is 0 Å². The van der Waals surface area contributed by atoms with Gasteiger partial charge < -0.3 is 25.7 Å². The largest absolute Gasteiger partial charge is 0.463 e. The number of aliphatic hydroxyl groups is 1. The Morgan fingerprint density at radius 1 is 1.50 bits per heavy atom. The van der Waals surface area contributed by atoms with Crippen molar-refractivity contribution in [1.29, 1.82) is 0 Å². The highest BCUT2D eigenvalue weighted by molar-refractivity contribution is 5.75. The summed E-state index contributed by atoms with van der Waals surface area (Å²) in [6.45, 7) is 0.126. The molecule has 0 saturated heterocycles. The second-order valence-corrected chi connectivity index (χ2v) is 2.76. The average Bonchev–Trinajstić information content (AvgIpc) is 2.25. The summed E-state index contributed by atoms with van der Waals surface area (Å²) >= 11 is 0. The second-order valence-electron chi connectivity index (χ2n) is 2.76. The molecule has 4 N–H and O–H groups in total. The van der Waals surface area contributed by atoms with E-state index < -0.39 is 23.7 Å². The minimum Gasteiger partial charge on any atom is -0.463 e. The second kappa shape index (κ2) is 8.83. The summed E-state index contributed by atoms with van der Waals surface area (Å²) in [5, 5.41) is 20.1. The number of rotatable bonds is 9. The number of nitrogens with one attached hydrogen (secondary N) is 1. The first-order valence-electron chi connectivity index (χ1n) is 4.59. The maximum absolute atomic E-state index is 10.9. The average molecular weight is 237 g/mol. The van der Waals surface area contributed by atoms with Gasteiger partial charge in [0, 0.05) is 13.1 Å². The van der Waals surface area contributed by atoms with Crippen LogP contribution in [0.3, 0.4) is 0 Å². The van der Waals surface area contributed by atoms with Gasteiger partial charge in [-0.2, -0.15) is 0 Å². The molecule has 0 rings (SSSR count). The molecule has 0 fully saturated rings. The Hall–Kier alpha value is -1.45. The molecular weight excluding hydrogens is 222 g/mol. The molecule has 0 spiro atoms. The summed E-state index contributed by atoms with van der Waals surface area (Å²) < 4.78 is 4.66. The number of esters is 1. The van der Waals surface area contributed by atoms with Crippen molar-refractivity contribution in [2.24, 2.45) is 5.73 Å². The van der Waals surface area contributed by atoms with Crippen LogP contribution < -0.4 is 11.1 Å². The van der Waals surface area contributed by atoms with Gasteiger partial charge in [-0.15, -0.1) is 10.1 Å². The highest BCUT2D eigenvalue weighted by Gasteiger charge is 2.12. The third-order valence-corrected chi connectivity index (χ3v) is 1.50. The zero-order valence-electron chi connectivity index (χ0n) is 8.63. The maximum Gasteiger partial charge on any atom is 0.325 e. The van der Waals surface area contributed by atoms with E-state index in [-0.39, 0.29) is 19.8 Å². The van der Waals surface area contributed by atoms with Gasteiger partial charge in [0.15, 0.2) is 0 Å². The van der Waals surface area contributed by atoms with Crippen LogP contribution >= 0.6 is 0 Å². The van der Waals surface area contributed by atoms with Crippen LogP contribution in [0.15, 0.2) is 0 Å². The first-order chi connectivity index (χ1) is 7.57. The summed E-state index contributed by atoms with van der Waals surface area (Å²) in [6.07, 6.45) is 0. The van der Waals surface area contributed by atoms with Crippen LogP contribution in [0.4, 0.5) is 0 Å². The fourth-order valence-corrected chi connectivity index (χ4v) is 0.723. The molecule has 1 atom stereocenters. The molecule has 9 nitrogen and oxygen atoms in total. The van der Waals surface area contributed by atoms with Crippen LogP contribution in [0.5, 0.6) is 0 Å². The van der Waals surface area contributed by atoms with Gasteiger partial charge in [0.2, 0.25) is 0 Å². The fourth-order valence-electron chi connectivity index (χ4n) is 0.723. The minimum atomic E-state index is -1.03. The van der Waals surface area contributed by atoms with Gasteiger partial charge in [0.25, 0.3) is 5.09 Å². The molecule has 0 radical (unpaired) electrons. The Labute approximate surface area is 91.6 Å². The number of carbonyl (C=O) groups is 1. The van der Waals surface area contributed by atoms with Crippen molar-refractivity contribution in [3.05, 3.63) is 10.1 Å². The van der Waals surface area contributed by atoms with Crippen molar-refractivity contribution in [3.63, 3.8) is 0 Å². The van der Waals surface area contributed by atoms with E-state index >= 15 is 0 Å². The van der Waals surface area contributed by atoms with E-state index in [9.17, 15) is 14.9 Å². The van der Waals surface area contributed by atoms with E-state index in [1.54, 1.807) is 0 Å². The van der Waals surface area contributed by atoms with Crippen LogP contribution in [0.25, 0.3) is 0 Å². The Morgan fingerprint density at radius 3 is 2.69 bits per heavy atom. The van der Waals surface area contributed by atoms with Gasteiger partial charge in [-0.1, -0.05) is 0 Å². The number of nitrogens with zero attached hydrogens (tertiary/aromatic N) is 1. The van der Waals surface area contributed by atoms with Crippen molar-refractivity contribution < 1.29 is 24.6 Å².